The zero-order chi connectivity index (χ0) is 24.4. The number of hydrogen-bond acceptors (Lipinski definition) is 4. The van der Waals surface area contributed by atoms with Crippen molar-refractivity contribution in [1.29, 1.82) is 5.26 Å². The third-order valence-electron chi connectivity index (χ3n) is 6.94. The first-order chi connectivity index (χ1) is 17.1. The molecule has 7 heteroatoms. The summed E-state index contributed by atoms with van der Waals surface area (Å²) >= 11 is 0. The quantitative estimate of drug-likeness (QED) is 0.526. The summed E-state index contributed by atoms with van der Waals surface area (Å²) in [7, 11) is 0. The maximum atomic E-state index is 14.6. The highest BCUT2D eigenvalue weighted by Crippen LogP contribution is 2.40. The Hall–Kier alpha value is -3.50. The van der Waals surface area contributed by atoms with Crippen molar-refractivity contribution in [2.75, 3.05) is 19.7 Å². The molecule has 3 aromatic rings. The Morgan fingerprint density at radius 3 is 2.49 bits per heavy atom. The summed E-state index contributed by atoms with van der Waals surface area (Å²) < 4.78 is 16.5. The molecule has 180 valence electrons. The van der Waals surface area contributed by atoms with Crippen molar-refractivity contribution in [2.24, 2.45) is 0 Å². The van der Waals surface area contributed by atoms with Crippen LogP contribution >= 0.6 is 0 Å². The molecule has 0 atom stereocenters. The van der Waals surface area contributed by atoms with Gasteiger partial charge in [0.15, 0.2) is 5.69 Å². The smallest absolute Gasteiger partial charge is 0.274 e. The number of aliphatic hydroxyl groups excluding tert-OH is 1. The van der Waals surface area contributed by atoms with Crippen molar-refractivity contribution in [3.05, 3.63) is 70.8 Å². The first-order valence-corrected chi connectivity index (χ1v) is 12.4. The lowest BCUT2D eigenvalue weighted by atomic mass is 10.1. The zero-order valence-electron chi connectivity index (χ0n) is 19.7. The van der Waals surface area contributed by atoms with Gasteiger partial charge in [0.05, 0.1) is 11.3 Å². The van der Waals surface area contributed by atoms with Crippen LogP contribution in [0.3, 0.4) is 0 Å². The number of hydrogen-bond donors (Lipinski definition) is 1. The lowest BCUT2D eigenvalue weighted by Gasteiger charge is -2.26. The molecule has 1 aliphatic carbocycles. The van der Waals surface area contributed by atoms with Gasteiger partial charge in [-0.1, -0.05) is 12.1 Å². The fourth-order valence-corrected chi connectivity index (χ4v) is 4.88. The van der Waals surface area contributed by atoms with E-state index >= 15 is 0 Å². The summed E-state index contributed by atoms with van der Waals surface area (Å²) in [5.74, 6) is 0.329. The summed E-state index contributed by atoms with van der Waals surface area (Å²) in [6, 6.07) is 14.5. The van der Waals surface area contributed by atoms with Crippen LogP contribution in [0.25, 0.3) is 17.1 Å². The van der Waals surface area contributed by atoms with Gasteiger partial charge in [0.1, 0.15) is 17.7 Å². The van der Waals surface area contributed by atoms with Gasteiger partial charge in [0.2, 0.25) is 0 Å². The van der Waals surface area contributed by atoms with Crippen LogP contribution in [0, 0.1) is 17.1 Å². The fraction of sp³-hybridized carbons (Fsp3) is 0.393. The minimum atomic E-state index is -0.621. The van der Waals surface area contributed by atoms with Gasteiger partial charge in [-0.3, -0.25) is 9.36 Å². The van der Waals surface area contributed by atoms with Crippen molar-refractivity contribution in [1.82, 2.24) is 14.5 Å². The molecule has 35 heavy (non-hydrogen) atoms. The molecule has 0 spiro atoms. The van der Waals surface area contributed by atoms with Gasteiger partial charge in [-0.05, 0) is 86.8 Å². The van der Waals surface area contributed by atoms with Gasteiger partial charge in [-0.25, -0.2) is 9.37 Å². The van der Waals surface area contributed by atoms with Crippen LogP contribution in [0.1, 0.15) is 71.8 Å². The highest BCUT2D eigenvalue weighted by atomic mass is 19.1. The van der Waals surface area contributed by atoms with E-state index in [1.165, 1.54) is 30.5 Å². The number of nitrogens with zero attached hydrogens (tertiary/aromatic N) is 4. The summed E-state index contributed by atoms with van der Waals surface area (Å²) in [6.07, 6.45) is 6.39. The third-order valence-corrected chi connectivity index (χ3v) is 6.94. The number of nitriles is 1. The molecule has 1 aliphatic heterocycles. The standard InChI is InChI=1S/C28H29FN4O2/c29-24-17-21(8-9-22(24)18-30)27-31-26(28(35)32-14-2-1-3-15-32)25(5-4-16-34)33(27)23-12-10-20(11-13-23)19-6-7-19/h8-13,17,19,34H,1-7,14-16H2. The molecule has 2 aliphatic rings. The van der Waals surface area contributed by atoms with Crippen LogP contribution in [0.5, 0.6) is 0 Å². The van der Waals surface area contributed by atoms with Crippen LogP contribution in [-0.2, 0) is 6.42 Å². The second-order valence-corrected chi connectivity index (χ2v) is 9.42. The number of imidazole rings is 1. The number of carbonyl (C=O) groups is 1. The van der Waals surface area contributed by atoms with Crippen LogP contribution < -0.4 is 0 Å². The molecule has 1 aromatic heterocycles. The van der Waals surface area contributed by atoms with Crippen molar-refractivity contribution in [2.45, 2.75) is 50.9 Å². The molecule has 5 rings (SSSR count). The molecule has 1 saturated heterocycles. The Balaban J connectivity index is 1.67. The van der Waals surface area contributed by atoms with Gasteiger partial charge in [-0.2, -0.15) is 5.26 Å². The molecule has 6 nitrogen and oxygen atoms in total. The Bertz CT molecular complexity index is 1270. The van der Waals surface area contributed by atoms with Crippen molar-refractivity contribution < 1.29 is 14.3 Å². The number of amides is 1. The van der Waals surface area contributed by atoms with E-state index in [2.05, 4.69) is 12.1 Å². The summed E-state index contributed by atoms with van der Waals surface area (Å²) in [5, 5.41) is 18.8. The first kappa shape index (κ1) is 23.3. The van der Waals surface area contributed by atoms with E-state index in [0.717, 1.165) is 24.9 Å². The topological polar surface area (TPSA) is 82.2 Å². The summed E-state index contributed by atoms with van der Waals surface area (Å²) in [6.45, 7) is 1.38. The normalized spacial score (nSPS) is 15.7. The SMILES string of the molecule is N#Cc1ccc(-c2nc(C(=O)N3CCCCC3)c(CCCO)n2-c2ccc(C3CC3)cc2)cc1F. The number of aliphatic hydroxyl groups is 1. The number of piperidine rings is 1. The molecular weight excluding hydrogens is 443 g/mol. The second-order valence-electron chi connectivity index (χ2n) is 9.42. The number of likely N-dealkylation sites (tertiary alicyclic amines) is 1. The van der Waals surface area contributed by atoms with E-state index in [0.29, 0.717) is 54.6 Å². The highest BCUT2D eigenvalue weighted by Gasteiger charge is 2.29. The van der Waals surface area contributed by atoms with Crippen LogP contribution in [-0.4, -0.2) is 45.2 Å². The number of carbonyl (C=O) groups excluding carboxylic acids is 1. The van der Waals surface area contributed by atoms with Gasteiger partial charge in [0, 0.05) is 30.9 Å². The predicted octanol–water partition coefficient (Wildman–Crippen LogP) is 4.98. The first-order valence-electron chi connectivity index (χ1n) is 12.4. The molecule has 2 heterocycles. The molecular formula is C28H29FN4O2. The van der Waals surface area contributed by atoms with Gasteiger partial charge in [0.25, 0.3) is 5.91 Å². The average Bonchev–Trinajstić information content (AvgIpc) is 3.68. The minimum absolute atomic E-state index is 0.00995. The van der Waals surface area contributed by atoms with Crippen molar-refractivity contribution in [3.63, 3.8) is 0 Å². The van der Waals surface area contributed by atoms with Gasteiger partial charge in [-0.15, -0.1) is 0 Å². The zero-order valence-corrected chi connectivity index (χ0v) is 19.7. The van der Waals surface area contributed by atoms with Crippen LogP contribution in [0.2, 0.25) is 0 Å². The molecule has 2 aromatic carbocycles. The lowest BCUT2D eigenvalue weighted by molar-refractivity contribution is 0.0717. The fourth-order valence-electron chi connectivity index (χ4n) is 4.88. The maximum absolute atomic E-state index is 14.6. The van der Waals surface area contributed by atoms with Gasteiger partial charge >= 0.3 is 0 Å². The van der Waals surface area contributed by atoms with E-state index in [1.807, 2.05) is 27.7 Å². The Labute approximate surface area is 204 Å². The Morgan fingerprint density at radius 2 is 1.86 bits per heavy atom. The Morgan fingerprint density at radius 1 is 1.11 bits per heavy atom. The number of halogens is 1. The van der Waals surface area contributed by atoms with E-state index in [9.17, 15) is 14.3 Å². The molecule has 0 bridgehead atoms. The molecule has 1 N–H and O–H groups in total. The maximum Gasteiger partial charge on any atom is 0.274 e. The van der Waals surface area contributed by atoms with E-state index in [-0.39, 0.29) is 18.1 Å². The number of rotatable bonds is 7. The average molecular weight is 473 g/mol. The minimum Gasteiger partial charge on any atom is -0.396 e. The van der Waals surface area contributed by atoms with Crippen molar-refractivity contribution >= 4 is 5.91 Å². The van der Waals surface area contributed by atoms with Crippen LogP contribution in [0.4, 0.5) is 4.39 Å². The van der Waals surface area contributed by atoms with E-state index < -0.39 is 5.82 Å². The van der Waals surface area contributed by atoms with E-state index in [4.69, 9.17) is 10.2 Å². The summed E-state index contributed by atoms with van der Waals surface area (Å²) in [4.78, 5) is 20.2. The highest BCUT2D eigenvalue weighted by molar-refractivity contribution is 5.94. The second kappa shape index (κ2) is 10.0. The number of benzene rings is 2. The lowest BCUT2D eigenvalue weighted by Crippen LogP contribution is -2.36. The predicted molar refractivity (Wildman–Crippen MR) is 131 cm³/mol. The monoisotopic (exact) mass is 472 g/mol. The van der Waals surface area contributed by atoms with Crippen molar-refractivity contribution in [3.8, 4) is 23.1 Å². The molecule has 0 radical (unpaired) electrons. The molecule has 1 amide bonds. The van der Waals surface area contributed by atoms with E-state index in [1.54, 1.807) is 6.07 Å². The third kappa shape index (κ3) is 4.71. The molecule has 1 saturated carbocycles. The molecule has 2 fully saturated rings. The number of aromatic nitrogens is 2. The largest absolute Gasteiger partial charge is 0.396 e. The molecule has 0 unspecified atom stereocenters. The van der Waals surface area contributed by atoms with Crippen LogP contribution in [0.15, 0.2) is 42.5 Å². The van der Waals surface area contributed by atoms with Gasteiger partial charge < -0.3 is 10.0 Å². The summed E-state index contributed by atoms with van der Waals surface area (Å²) in [5.41, 5.74) is 3.66. The Kier molecular flexibility index (Phi) is 6.65.